The van der Waals surface area contributed by atoms with Crippen LogP contribution in [0.4, 0.5) is 10.5 Å². The van der Waals surface area contributed by atoms with Crippen LogP contribution in [0.2, 0.25) is 0 Å². The molecule has 2 aromatic rings. The van der Waals surface area contributed by atoms with Gasteiger partial charge >= 0.3 is 12.0 Å². The average Bonchev–Trinajstić information content (AvgIpc) is 2.67. The van der Waals surface area contributed by atoms with E-state index in [4.69, 9.17) is 10.5 Å². The molecule has 0 saturated heterocycles. The van der Waals surface area contributed by atoms with E-state index in [2.05, 4.69) is 0 Å². The second-order valence-electron chi connectivity index (χ2n) is 5.97. The van der Waals surface area contributed by atoms with E-state index in [1.165, 1.54) is 22.5 Å². The third-order valence-electron chi connectivity index (χ3n) is 3.92. The van der Waals surface area contributed by atoms with Gasteiger partial charge in [0.2, 0.25) is 0 Å². The number of carbonyl (C=O) groups is 3. The molecular formula is C19H21N3O6S. The summed E-state index contributed by atoms with van der Waals surface area (Å²) in [6, 6.07) is 11.6. The summed E-state index contributed by atoms with van der Waals surface area (Å²) in [6.45, 7) is 2.77. The van der Waals surface area contributed by atoms with E-state index >= 15 is 0 Å². The monoisotopic (exact) mass is 419 g/mol. The largest absolute Gasteiger partial charge is 0.452 e. The molecule has 9 nitrogen and oxygen atoms in total. The quantitative estimate of drug-likeness (QED) is 0.654. The smallest absolute Gasteiger partial charge is 0.338 e. The van der Waals surface area contributed by atoms with Gasteiger partial charge in [-0.15, -0.1) is 0 Å². The predicted molar refractivity (Wildman–Crippen MR) is 106 cm³/mol. The normalized spacial score (nSPS) is 10.8. The van der Waals surface area contributed by atoms with Gasteiger partial charge in [0.1, 0.15) is 0 Å². The molecular weight excluding hydrogens is 398 g/mol. The molecule has 0 aliphatic rings. The highest BCUT2D eigenvalue weighted by Crippen LogP contribution is 2.26. The Labute approximate surface area is 168 Å². The molecule has 2 aromatic carbocycles. The highest BCUT2D eigenvalue weighted by Gasteiger charge is 2.26. The van der Waals surface area contributed by atoms with Gasteiger partial charge in [-0.1, -0.05) is 24.3 Å². The fourth-order valence-electron chi connectivity index (χ4n) is 2.60. The Kier molecular flexibility index (Phi) is 6.94. The van der Waals surface area contributed by atoms with Gasteiger partial charge in [-0.2, -0.15) is 0 Å². The molecule has 0 heterocycles. The highest BCUT2D eigenvalue weighted by atomic mass is 32.2. The number of rotatable bonds is 7. The third-order valence-corrected chi connectivity index (χ3v) is 5.97. The number of nitrogens with zero attached hydrogens (tertiary/aromatic N) is 1. The van der Waals surface area contributed by atoms with Crippen molar-refractivity contribution in [3.8, 4) is 0 Å². The van der Waals surface area contributed by atoms with Crippen LogP contribution in [0, 0.1) is 6.92 Å². The highest BCUT2D eigenvalue weighted by molar-refractivity contribution is 7.92. The minimum atomic E-state index is -3.95. The molecule has 10 heteroatoms. The fourth-order valence-corrected chi connectivity index (χ4v) is 4.32. The van der Waals surface area contributed by atoms with Gasteiger partial charge in [-0.25, -0.2) is 18.0 Å². The van der Waals surface area contributed by atoms with Crippen molar-refractivity contribution < 1.29 is 27.5 Å². The maximum atomic E-state index is 13.2. The number of primary amides is 1. The van der Waals surface area contributed by atoms with Crippen LogP contribution in [0.5, 0.6) is 0 Å². The van der Waals surface area contributed by atoms with E-state index in [9.17, 15) is 22.8 Å². The zero-order chi connectivity index (χ0) is 21.6. The lowest BCUT2D eigenvalue weighted by Crippen LogP contribution is -2.37. The van der Waals surface area contributed by atoms with Gasteiger partial charge in [0.15, 0.2) is 6.61 Å². The molecule has 3 amide bonds. The number of para-hydroxylation sites is 1. The lowest BCUT2D eigenvalue weighted by molar-refractivity contribution is -0.123. The van der Waals surface area contributed by atoms with Gasteiger partial charge in [0.05, 0.1) is 16.1 Å². The average molecular weight is 419 g/mol. The molecule has 0 aromatic heterocycles. The number of aryl methyl sites for hydroxylation is 1. The Morgan fingerprint density at radius 2 is 1.76 bits per heavy atom. The van der Waals surface area contributed by atoms with Gasteiger partial charge in [0, 0.05) is 6.54 Å². The number of ether oxygens (including phenoxy) is 1. The molecule has 0 atom stereocenters. The Bertz CT molecular complexity index is 1020. The van der Waals surface area contributed by atoms with Crippen molar-refractivity contribution >= 4 is 33.6 Å². The van der Waals surface area contributed by atoms with E-state index in [1.807, 2.05) is 0 Å². The van der Waals surface area contributed by atoms with Crippen LogP contribution >= 0.6 is 0 Å². The molecule has 0 bridgehead atoms. The van der Waals surface area contributed by atoms with Crippen LogP contribution in [0.25, 0.3) is 0 Å². The molecule has 2 rings (SSSR count). The molecule has 29 heavy (non-hydrogen) atoms. The van der Waals surface area contributed by atoms with Gasteiger partial charge in [-0.05, 0) is 43.7 Å². The van der Waals surface area contributed by atoms with Crippen LogP contribution in [0.15, 0.2) is 53.4 Å². The van der Waals surface area contributed by atoms with Gasteiger partial charge in [-0.3, -0.25) is 14.4 Å². The molecule has 0 spiro atoms. The van der Waals surface area contributed by atoms with Crippen molar-refractivity contribution in [2.45, 2.75) is 18.7 Å². The summed E-state index contributed by atoms with van der Waals surface area (Å²) < 4.78 is 32.4. The summed E-state index contributed by atoms with van der Waals surface area (Å²) in [7, 11) is -3.95. The summed E-state index contributed by atoms with van der Waals surface area (Å²) >= 11 is 0. The van der Waals surface area contributed by atoms with Gasteiger partial charge in [0.25, 0.3) is 15.9 Å². The Morgan fingerprint density at radius 1 is 1.10 bits per heavy atom. The first-order chi connectivity index (χ1) is 13.7. The Morgan fingerprint density at radius 3 is 2.34 bits per heavy atom. The van der Waals surface area contributed by atoms with Crippen molar-refractivity contribution in [2.24, 2.45) is 5.73 Å². The maximum Gasteiger partial charge on any atom is 0.338 e. The Hall–Kier alpha value is -3.40. The first-order valence-corrected chi connectivity index (χ1v) is 10.1. The first-order valence-electron chi connectivity index (χ1n) is 8.61. The number of carbonyl (C=O) groups excluding carboxylic acids is 3. The van der Waals surface area contributed by atoms with Crippen molar-refractivity contribution in [3.05, 3.63) is 59.7 Å². The zero-order valence-electron chi connectivity index (χ0n) is 15.9. The number of hydrogen-bond donors (Lipinski definition) is 2. The standard InChI is InChI=1S/C19H21N3O6S/c1-3-22(15-7-5-4-6-8-15)29(26,27)16-11-14(10-9-13(16)2)18(24)28-12-17(23)21-19(20)25/h4-11H,3,12H2,1-2H3,(H3,20,21,23,25). The summed E-state index contributed by atoms with van der Waals surface area (Å²) in [4.78, 5) is 34.1. The molecule has 0 fully saturated rings. The van der Waals surface area contributed by atoms with Crippen molar-refractivity contribution in [1.29, 1.82) is 0 Å². The zero-order valence-corrected chi connectivity index (χ0v) is 16.7. The van der Waals surface area contributed by atoms with Crippen LogP contribution in [0.3, 0.4) is 0 Å². The Balaban J connectivity index is 2.31. The van der Waals surface area contributed by atoms with Gasteiger partial charge < -0.3 is 10.5 Å². The number of esters is 1. The molecule has 154 valence electrons. The number of benzene rings is 2. The van der Waals surface area contributed by atoms with E-state index in [0.717, 1.165) is 0 Å². The van der Waals surface area contributed by atoms with Crippen molar-refractivity contribution in [3.63, 3.8) is 0 Å². The van der Waals surface area contributed by atoms with Crippen molar-refractivity contribution in [2.75, 3.05) is 17.5 Å². The van der Waals surface area contributed by atoms with Crippen LogP contribution in [-0.2, 0) is 19.6 Å². The summed E-state index contributed by atoms with van der Waals surface area (Å²) in [5.74, 6) is -1.81. The number of imide groups is 1. The van der Waals surface area contributed by atoms with Crippen LogP contribution in [0.1, 0.15) is 22.8 Å². The lowest BCUT2D eigenvalue weighted by Gasteiger charge is -2.24. The minimum absolute atomic E-state index is 0.0508. The number of nitrogens with two attached hydrogens (primary N) is 1. The number of nitrogens with one attached hydrogen (secondary N) is 1. The fraction of sp³-hybridized carbons (Fsp3) is 0.211. The SMILES string of the molecule is CCN(c1ccccc1)S(=O)(=O)c1cc(C(=O)OCC(=O)NC(N)=O)ccc1C. The maximum absolute atomic E-state index is 13.2. The lowest BCUT2D eigenvalue weighted by atomic mass is 10.1. The number of urea groups is 1. The van der Waals surface area contributed by atoms with E-state index in [-0.39, 0.29) is 17.0 Å². The molecule has 3 N–H and O–H groups in total. The summed E-state index contributed by atoms with van der Waals surface area (Å²) in [5, 5.41) is 1.76. The van der Waals surface area contributed by atoms with E-state index < -0.39 is 34.5 Å². The number of sulfonamides is 1. The number of amides is 3. The molecule has 0 saturated carbocycles. The summed E-state index contributed by atoms with van der Waals surface area (Å²) in [5.41, 5.74) is 5.69. The molecule has 0 unspecified atom stereocenters. The summed E-state index contributed by atoms with van der Waals surface area (Å²) in [6.07, 6.45) is 0. The molecule has 0 aliphatic carbocycles. The van der Waals surface area contributed by atoms with E-state index in [0.29, 0.717) is 11.3 Å². The number of anilines is 1. The second-order valence-corrected chi connectivity index (χ2v) is 7.80. The number of hydrogen-bond acceptors (Lipinski definition) is 6. The molecule has 0 radical (unpaired) electrons. The van der Waals surface area contributed by atoms with Crippen LogP contribution in [-0.4, -0.2) is 39.5 Å². The van der Waals surface area contributed by atoms with E-state index in [1.54, 1.807) is 49.5 Å². The second kappa shape index (κ2) is 9.20. The van der Waals surface area contributed by atoms with Crippen molar-refractivity contribution in [1.82, 2.24) is 5.32 Å². The third kappa shape index (κ3) is 5.32. The topological polar surface area (TPSA) is 136 Å². The predicted octanol–water partition coefficient (Wildman–Crippen LogP) is 1.56. The first kappa shape index (κ1) is 21.9. The van der Waals surface area contributed by atoms with Crippen LogP contribution < -0.4 is 15.4 Å². The minimum Gasteiger partial charge on any atom is -0.452 e. The molecule has 0 aliphatic heterocycles.